The molecule has 0 aromatic heterocycles. The van der Waals surface area contributed by atoms with Crippen molar-refractivity contribution in [2.45, 2.75) is 12.8 Å². The van der Waals surface area contributed by atoms with Crippen LogP contribution < -0.4 is 10.1 Å². The minimum Gasteiger partial charge on any atom is -0.497 e. The van der Waals surface area contributed by atoms with Gasteiger partial charge in [0, 0.05) is 5.92 Å². The number of hydrogen-bond donors (Lipinski definition) is 1. The molecule has 0 unspecified atom stereocenters. The summed E-state index contributed by atoms with van der Waals surface area (Å²) in [5.41, 5.74) is 1.39. The molecule has 1 saturated carbocycles. The van der Waals surface area contributed by atoms with Crippen molar-refractivity contribution in [2.24, 2.45) is 10.9 Å². The second-order valence-electron chi connectivity index (χ2n) is 4.53. The first-order valence-electron chi connectivity index (χ1n) is 6.02. The molecule has 1 N–H and O–H groups in total. The molecule has 4 nitrogen and oxygen atoms in total. The molecule has 18 heavy (non-hydrogen) atoms. The van der Waals surface area contributed by atoms with Crippen LogP contribution >= 0.6 is 0 Å². The first-order chi connectivity index (χ1) is 8.76. The van der Waals surface area contributed by atoms with Crippen LogP contribution in [-0.4, -0.2) is 18.9 Å². The maximum absolute atomic E-state index is 11.8. The van der Waals surface area contributed by atoms with Gasteiger partial charge in [0.2, 0.25) is 0 Å². The van der Waals surface area contributed by atoms with E-state index in [9.17, 15) is 4.79 Å². The van der Waals surface area contributed by atoms with Crippen molar-refractivity contribution in [3.63, 3.8) is 0 Å². The largest absolute Gasteiger partial charge is 0.497 e. The third kappa shape index (κ3) is 2.14. The number of aliphatic imine (C=N–C) groups is 1. The van der Waals surface area contributed by atoms with Crippen molar-refractivity contribution in [2.75, 3.05) is 7.11 Å². The molecule has 92 valence electrons. The minimum atomic E-state index is -0.111. The van der Waals surface area contributed by atoms with E-state index in [4.69, 9.17) is 4.74 Å². The normalized spacial score (nSPS) is 20.8. The Morgan fingerprint density at radius 3 is 3.00 bits per heavy atom. The van der Waals surface area contributed by atoms with Crippen LogP contribution in [0.15, 0.2) is 35.0 Å². The van der Waals surface area contributed by atoms with E-state index in [0.717, 1.165) is 30.0 Å². The lowest BCUT2D eigenvalue weighted by atomic mass is 10.2. The number of nitrogens with one attached hydrogen (secondary N) is 1. The summed E-state index contributed by atoms with van der Waals surface area (Å²) in [7, 11) is 1.62. The van der Waals surface area contributed by atoms with Gasteiger partial charge < -0.3 is 10.1 Å². The van der Waals surface area contributed by atoms with Gasteiger partial charge in [0.05, 0.1) is 7.11 Å². The SMILES string of the molecule is COc1cccc(/C=C2/N=C(C3CC3)NC2=O)c1. The summed E-state index contributed by atoms with van der Waals surface area (Å²) in [6.07, 6.45) is 4.05. The Morgan fingerprint density at radius 2 is 2.28 bits per heavy atom. The van der Waals surface area contributed by atoms with Crippen LogP contribution in [0.5, 0.6) is 5.75 Å². The number of rotatable bonds is 3. The molecule has 0 radical (unpaired) electrons. The lowest BCUT2D eigenvalue weighted by Crippen LogP contribution is -2.25. The van der Waals surface area contributed by atoms with Gasteiger partial charge in [0.1, 0.15) is 17.3 Å². The molecule has 3 rings (SSSR count). The fraction of sp³-hybridized carbons (Fsp3) is 0.286. The molecule has 1 aromatic carbocycles. The van der Waals surface area contributed by atoms with Crippen LogP contribution in [0.1, 0.15) is 18.4 Å². The number of benzene rings is 1. The van der Waals surface area contributed by atoms with Gasteiger partial charge in [-0.3, -0.25) is 4.79 Å². The van der Waals surface area contributed by atoms with E-state index in [1.165, 1.54) is 0 Å². The van der Waals surface area contributed by atoms with E-state index in [0.29, 0.717) is 11.6 Å². The Labute approximate surface area is 105 Å². The summed E-state index contributed by atoms with van der Waals surface area (Å²) in [6.45, 7) is 0. The molecule has 0 saturated heterocycles. The van der Waals surface area contributed by atoms with Crippen molar-refractivity contribution in [3.8, 4) is 5.75 Å². The summed E-state index contributed by atoms with van der Waals surface area (Å²) in [5.74, 6) is 1.95. The Morgan fingerprint density at radius 1 is 1.44 bits per heavy atom. The monoisotopic (exact) mass is 242 g/mol. The molecule has 0 bridgehead atoms. The fourth-order valence-corrected chi connectivity index (χ4v) is 1.93. The molecule has 1 aliphatic heterocycles. The Bertz CT molecular complexity index is 557. The average molecular weight is 242 g/mol. The number of ether oxygens (including phenoxy) is 1. The zero-order valence-corrected chi connectivity index (χ0v) is 10.1. The molecule has 0 atom stereocenters. The lowest BCUT2D eigenvalue weighted by Gasteiger charge is -2.00. The van der Waals surface area contributed by atoms with Crippen LogP contribution in [0.2, 0.25) is 0 Å². The standard InChI is InChI=1S/C14H14N2O2/c1-18-11-4-2-3-9(7-11)8-12-14(17)16-13(15-12)10-5-6-10/h2-4,7-8,10H,5-6H2,1H3,(H,15,16,17)/b12-8+. The van der Waals surface area contributed by atoms with E-state index in [1.54, 1.807) is 13.2 Å². The number of methoxy groups -OCH3 is 1. The molecule has 0 spiro atoms. The lowest BCUT2D eigenvalue weighted by molar-refractivity contribution is -0.115. The van der Waals surface area contributed by atoms with E-state index >= 15 is 0 Å². The second kappa shape index (κ2) is 4.29. The summed E-state index contributed by atoms with van der Waals surface area (Å²) in [6, 6.07) is 7.57. The van der Waals surface area contributed by atoms with Gasteiger partial charge in [0.15, 0.2) is 0 Å². The topological polar surface area (TPSA) is 50.7 Å². The van der Waals surface area contributed by atoms with E-state index in [-0.39, 0.29) is 5.91 Å². The number of amidine groups is 1. The van der Waals surface area contributed by atoms with Crippen LogP contribution in [0.25, 0.3) is 6.08 Å². The van der Waals surface area contributed by atoms with Gasteiger partial charge in [-0.25, -0.2) is 4.99 Å². The molecule has 1 aliphatic carbocycles. The third-order valence-corrected chi connectivity index (χ3v) is 3.08. The quantitative estimate of drug-likeness (QED) is 0.824. The van der Waals surface area contributed by atoms with Crippen molar-refractivity contribution >= 4 is 17.8 Å². The van der Waals surface area contributed by atoms with Crippen LogP contribution in [0.4, 0.5) is 0 Å². The maximum atomic E-state index is 11.8. The highest BCUT2D eigenvalue weighted by atomic mass is 16.5. The zero-order chi connectivity index (χ0) is 12.5. The minimum absolute atomic E-state index is 0.111. The third-order valence-electron chi connectivity index (χ3n) is 3.08. The molecule has 4 heteroatoms. The molecule has 1 heterocycles. The maximum Gasteiger partial charge on any atom is 0.275 e. The molecular weight excluding hydrogens is 228 g/mol. The number of amides is 1. The van der Waals surface area contributed by atoms with Gasteiger partial charge in [0.25, 0.3) is 5.91 Å². The number of hydrogen-bond acceptors (Lipinski definition) is 3. The summed E-state index contributed by atoms with van der Waals surface area (Å²) in [4.78, 5) is 16.1. The number of carbonyl (C=O) groups is 1. The summed E-state index contributed by atoms with van der Waals surface area (Å²) >= 11 is 0. The predicted molar refractivity (Wildman–Crippen MR) is 69.3 cm³/mol. The molecular formula is C14H14N2O2. The van der Waals surface area contributed by atoms with Gasteiger partial charge >= 0.3 is 0 Å². The Balaban J connectivity index is 1.88. The van der Waals surface area contributed by atoms with Gasteiger partial charge in [-0.1, -0.05) is 12.1 Å². The zero-order valence-electron chi connectivity index (χ0n) is 10.1. The Hall–Kier alpha value is -2.10. The van der Waals surface area contributed by atoms with E-state index in [1.807, 2.05) is 24.3 Å². The van der Waals surface area contributed by atoms with Crippen LogP contribution in [0.3, 0.4) is 0 Å². The van der Waals surface area contributed by atoms with Gasteiger partial charge in [-0.2, -0.15) is 0 Å². The smallest absolute Gasteiger partial charge is 0.275 e. The first-order valence-corrected chi connectivity index (χ1v) is 6.02. The first kappa shape index (κ1) is 11.0. The van der Waals surface area contributed by atoms with E-state index < -0.39 is 0 Å². The van der Waals surface area contributed by atoms with Gasteiger partial charge in [-0.15, -0.1) is 0 Å². The highest BCUT2D eigenvalue weighted by Gasteiger charge is 2.33. The van der Waals surface area contributed by atoms with E-state index in [2.05, 4.69) is 10.3 Å². The van der Waals surface area contributed by atoms with Crippen molar-refractivity contribution in [1.82, 2.24) is 5.32 Å². The van der Waals surface area contributed by atoms with Crippen molar-refractivity contribution in [1.29, 1.82) is 0 Å². The second-order valence-corrected chi connectivity index (χ2v) is 4.53. The highest BCUT2D eigenvalue weighted by Crippen LogP contribution is 2.32. The predicted octanol–water partition coefficient (Wildman–Crippen LogP) is 1.97. The molecule has 2 aliphatic rings. The van der Waals surface area contributed by atoms with Crippen LogP contribution in [-0.2, 0) is 4.79 Å². The number of carbonyl (C=O) groups excluding carboxylic acids is 1. The van der Waals surface area contributed by atoms with Crippen molar-refractivity contribution in [3.05, 3.63) is 35.5 Å². The molecule has 1 fully saturated rings. The van der Waals surface area contributed by atoms with Gasteiger partial charge in [-0.05, 0) is 36.6 Å². The number of nitrogens with zero attached hydrogens (tertiary/aromatic N) is 1. The summed E-state index contributed by atoms with van der Waals surface area (Å²) in [5, 5.41) is 2.83. The van der Waals surface area contributed by atoms with Crippen molar-refractivity contribution < 1.29 is 9.53 Å². The average Bonchev–Trinajstić information content (AvgIpc) is 3.16. The Kier molecular flexibility index (Phi) is 2.63. The fourth-order valence-electron chi connectivity index (χ4n) is 1.93. The molecule has 1 amide bonds. The van der Waals surface area contributed by atoms with Crippen LogP contribution in [0, 0.1) is 5.92 Å². The summed E-state index contributed by atoms with van der Waals surface area (Å²) < 4.78 is 5.15. The molecule has 1 aromatic rings. The highest BCUT2D eigenvalue weighted by molar-refractivity contribution is 6.15.